The fraction of sp³-hybridized carbons (Fsp3) is 0.136. The van der Waals surface area contributed by atoms with Crippen LogP contribution in [0.3, 0.4) is 0 Å². The molecule has 2 amide bonds. The van der Waals surface area contributed by atoms with E-state index in [4.69, 9.17) is 10.8 Å². The minimum absolute atomic E-state index is 0.114. The van der Waals surface area contributed by atoms with Crippen molar-refractivity contribution in [1.29, 1.82) is 0 Å². The first-order valence-electron chi connectivity index (χ1n) is 8.69. The van der Waals surface area contributed by atoms with Gasteiger partial charge in [0.25, 0.3) is 5.91 Å². The number of hydrogen-bond acceptors (Lipinski definition) is 4. The molecule has 2 aromatic carbocycles. The molecule has 0 atom stereocenters. The van der Waals surface area contributed by atoms with Gasteiger partial charge in [-0.3, -0.25) is 9.59 Å². The lowest BCUT2D eigenvalue weighted by Gasteiger charge is -2.08. The third-order valence-electron chi connectivity index (χ3n) is 4.04. The zero-order chi connectivity index (χ0) is 19.9. The van der Waals surface area contributed by atoms with Crippen LogP contribution in [0.1, 0.15) is 15.9 Å². The van der Waals surface area contributed by atoms with Crippen LogP contribution < -0.4 is 10.6 Å². The number of carbonyl (C=O) groups is 2. The van der Waals surface area contributed by atoms with Crippen molar-refractivity contribution in [2.24, 2.45) is 0 Å². The highest BCUT2D eigenvalue weighted by Crippen LogP contribution is 2.28. The minimum Gasteiger partial charge on any atom is -0.436 e. The summed E-state index contributed by atoms with van der Waals surface area (Å²) in [4.78, 5) is 28.5. The Morgan fingerprint density at radius 2 is 1.86 bits per heavy atom. The number of nitrogens with one attached hydrogen (secondary N) is 2. The van der Waals surface area contributed by atoms with E-state index in [-0.39, 0.29) is 19.0 Å². The van der Waals surface area contributed by atoms with Crippen LogP contribution in [-0.2, 0) is 4.79 Å². The summed E-state index contributed by atoms with van der Waals surface area (Å²) >= 11 is 0. The summed E-state index contributed by atoms with van der Waals surface area (Å²) in [6.07, 6.45) is 6.72. The maximum Gasteiger partial charge on any atom is 0.252 e. The van der Waals surface area contributed by atoms with E-state index in [0.29, 0.717) is 22.8 Å². The first-order chi connectivity index (χ1) is 13.6. The maximum absolute atomic E-state index is 12.5. The highest BCUT2D eigenvalue weighted by molar-refractivity contribution is 6.01. The number of benzene rings is 2. The van der Waals surface area contributed by atoms with Crippen LogP contribution in [0.4, 0.5) is 0 Å². The molecule has 1 heterocycles. The van der Waals surface area contributed by atoms with Crippen molar-refractivity contribution in [2.75, 3.05) is 13.1 Å². The summed E-state index contributed by atoms with van der Waals surface area (Å²) in [5, 5.41) is 5.06. The summed E-state index contributed by atoms with van der Waals surface area (Å²) in [7, 11) is 0. The molecule has 0 saturated carbocycles. The van der Waals surface area contributed by atoms with E-state index in [1.807, 2.05) is 31.2 Å². The second-order valence-corrected chi connectivity index (χ2v) is 6.10. The number of carbonyl (C=O) groups excluding carboxylic acids is 2. The maximum atomic E-state index is 12.5. The van der Waals surface area contributed by atoms with Gasteiger partial charge in [0.1, 0.15) is 0 Å². The van der Waals surface area contributed by atoms with Gasteiger partial charge in [0.05, 0.1) is 24.8 Å². The highest BCUT2D eigenvalue weighted by Gasteiger charge is 2.17. The van der Waals surface area contributed by atoms with Crippen molar-refractivity contribution in [1.82, 2.24) is 15.6 Å². The van der Waals surface area contributed by atoms with Crippen LogP contribution in [0.15, 0.2) is 59.1 Å². The zero-order valence-electron chi connectivity index (χ0n) is 15.4. The fourth-order valence-electron chi connectivity index (χ4n) is 2.59. The van der Waals surface area contributed by atoms with Gasteiger partial charge in [-0.2, -0.15) is 0 Å². The number of rotatable bonds is 6. The first kappa shape index (κ1) is 18.9. The second kappa shape index (κ2) is 8.69. The molecule has 2 N–H and O–H groups in total. The Morgan fingerprint density at radius 3 is 2.61 bits per heavy atom. The SMILES string of the molecule is C#CCNC(=O)CNC(=O)c1ccccc1-c1ncc(-c2ccc(C)cc2)o1. The summed E-state index contributed by atoms with van der Waals surface area (Å²) in [5.41, 5.74) is 2.96. The molecule has 0 unspecified atom stereocenters. The molecule has 140 valence electrons. The Balaban J connectivity index is 1.79. The fourth-order valence-corrected chi connectivity index (χ4v) is 2.59. The number of nitrogens with zero attached hydrogens (tertiary/aromatic N) is 1. The van der Waals surface area contributed by atoms with Gasteiger partial charge in [0, 0.05) is 11.1 Å². The van der Waals surface area contributed by atoms with E-state index >= 15 is 0 Å². The van der Waals surface area contributed by atoms with Crippen molar-refractivity contribution in [3.63, 3.8) is 0 Å². The van der Waals surface area contributed by atoms with Crippen molar-refractivity contribution >= 4 is 11.8 Å². The van der Waals surface area contributed by atoms with Crippen molar-refractivity contribution in [3.05, 3.63) is 65.9 Å². The Bertz CT molecular complexity index is 1030. The Morgan fingerprint density at radius 1 is 1.11 bits per heavy atom. The van der Waals surface area contributed by atoms with Gasteiger partial charge in [-0.05, 0) is 19.1 Å². The number of amides is 2. The Hall–Kier alpha value is -3.85. The molecular formula is C22H19N3O3. The molecule has 6 nitrogen and oxygen atoms in total. The van der Waals surface area contributed by atoms with Gasteiger partial charge < -0.3 is 15.1 Å². The van der Waals surface area contributed by atoms with Crippen molar-refractivity contribution in [3.8, 4) is 35.1 Å². The normalized spacial score (nSPS) is 10.1. The monoisotopic (exact) mass is 373 g/mol. The van der Waals surface area contributed by atoms with E-state index in [1.165, 1.54) is 0 Å². The topological polar surface area (TPSA) is 84.2 Å². The van der Waals surface area contributed by atoms with Gasteiger partial charge in [-0.25, -0.2) is 4.98 Å². The van der Waals surface area contributed by atoms with E-state index in [1.54, 1.807) is 30.5 Å². The van der Waals surface area contributed by atoms with Crippen molar-refractivity contribution < 1.29 is 14.0 Å². The average Bonchev–Trinajstić information content (AvgIpc) is 3.21. The Kier molecular flexibility index (Phi) is 5.87. The van der Waals surface area contributed by atoms with Crippen LogP contribution in [0.2, 0.25) is 0 Å². The molecule has 28 heavy (non-hydrogen) atoms. The molecule has 3 rings (SSSR count). The molecule has 6 heteroatoms. The van der Waals surface area contributed by atoms with E-state index < -0.39 is 5.91 Å². The first-order valence-corrected chi connectivity index (χ1v) is 8.69. The van der Waals surface area contributed by atoms with Gasteiger partial charge in [0.2, 0.25) is 11.8 Å². The summed E-state index contributed by atoms with van der Waals surface area (Å²) < 4.78 is 5.87. The highest BCUT2D eigenvalue weighted by atomic mass is 16.4. The summed E-state index contributed by atoms with van der Waals surface area (Å²) in [6, 6.07) is 14.8. The molecule has 0 aliphatic carbocycles. The molecule has 0 saturated heterocycles. The van der Waals surface area contributed by atoms with Gasteiger partial charge >= 0.3 is 0 Å². The number of terminal acetylenes is 1. The molecule has 0 aliphatic heterocycles. The zero-order valence-corrected chi connectivity index (χ0v) is 15.4. The van der Waals surface area contributed by atoms with Gasteiger partial charge in [0.15, 0.2) is 5.76 Å². The lowest BCUT2D eigenvalue weighted by atomic mass is 10.1. The molecule has 3 aromatic rings. The second-order valence-electron chi connectivity index (χ2n) is 6.10. The predicted molar refractivity (Wildman–Crippen MR) is 106 cm³/mol. The average molecular weight is 373 g/mol. The summed E-state index contributed by atoms with van der Waals surface area (Å²) in [6.45, 7) is 1.95. The summed E-state index contributed by atoms with van der Waals surface area (Å²) in [5.74, 6) is 2.48. The largest absolute Gasteiger partial charge is 0.436 e. The molecule has 0 aliphatic rings. The number of oxazole rings is 1. The Labute approximate surface area is 163 Å². The van der Waals surface area contributed by atoms with Gasteiger partial charge in [-0.1, -0.05) is 47.9 Å². The molecule has 0 radical (unpaired) electrons. The third kappa shape index (κ3) is 4.46. The lowest BCUT2D eigenvalue weighted by molar-refractivity contribution is -0.119. The third-order valence-corrected chi connectivity index (χ3v) is 4.04. The number of aromatic nitrogens is 1. The van der Waals surface area contributed by atoms with E-state index in [2.05, 4.69) is 21.5 Å². The minimum atomic E-state index is -0.401. The van der Waals surface area contributed by atoms with Crippen LogP contribution in [0.25, 0.3) is 22.8 Å². The molecule has 0 spiro atoms. The van der Waals surface area contributed by atoms with Crippen molar-refractivity contribution in [2.45, 2.75) is 6.92 Å². The predicted octanol–water partition coefficient (Wildman–Crippen LogP) is 2.80. The van der Waals surface area contributed by atoms with Gasteiger partial charge in [-0.15, -0.1) is 6.42 Å². The van der Waals surface area contributed by atoms with Crippen LogP contribution in [-0.4, -0.2) is 29.9 Å². The quantitative estimate of drug-likeness (QED) is 0.651. The van der Waals surface area contributed by atoms with Crippen LogP contribution in [0.5, 0.6) is 0 Å². The standard InChI is InChI=1S/C22H19N3O3/c1-3-12-23-20(26)14-24-21(27)17-6-4-5-7-18(17)22-25-13-19(28-22)16-10-8-15(2)9-11-16/h1,4-11,13H,12,14H2,2H3,(H,23,26)(H,24,27). The molecular weight excluding hydrogens is 354 g/mol. The van der Waals surface area contributed by atoms with E-state index in [9.17, 15) is 9.59 Å². The van der Waals surface area contributed by atoms with Crippen LogP contribution in [0, 0.1) is 19.3 Å². The van der Waals surface area contributed by atoms with E-state index in [0.717, 1.165) is 11.1 Å². The smallest absolute Gasteiger partial charge is 0.252 e. The molecule has 0 fully saturated rings. The molecule has 1 aromatic heterocycles. The number of aryl methyl sites for hydroxylation is 1. The molecule has 0 bridgehead atoms. The number of hydrogen-bond donors (Lipinski definition) is 2. The lowest BCUT2D eigenvalue weighted by Crippen LogP contribution is -2.37. The van der Waals surface area contributed by atoms with Crippen LogP contribution >= 0.6 is 0 Å².